The van der Waals surface area contributed by atoms with Gasteiger partial charge in [-0.15, -0.1) is 0 Å². The molecule has 1 unspecified atom stereocenters. The van der Waals surface area contributed by atoms with Crippen LogP contribution in [0.2, 0.25) is 0 Å². The van der Waals surface area contributed by atoms with Gasteiger partial charge >= 0.3 is 0 Å². The summed E-state index contributed by atoms with van der Waals surface area (Å²) in [6.07, 6.45) is 3.71. The van der Waals surface area contributed by atoms with Crippen molar-refractivity contribution in [3.8, 4) is 0 Å². The van der Waals surface area contributed by atoms with Gasteiger partial charge in [-0.2, -0.15) is 0 Å². The molecule has 5 N–H and O–H groups in total. The zero-order valence-corrected chi connectivity index (χ0v) is 13.0. The van der Waals surface area contributed by atoms with Gasteiger partial charge in [-0.25, -0.2) is 13.1 Å². The fourth-order valence-electron chi connectivity index (χ4n) is 2.13. The van der Waals surface area contributed by atoms with E-state index in [1.54, 1.807) is 30.6 Å². The molecular weight excluding hydrogens is 302 g/mol. The van der Waals surface area contributed by atoms with E-state index in [0.717, 1.165) is 5.39 Å². The number of nitrogens with one attached hydrogen (secondary N) is 1. The largest absolute Gasteiger partial charge is 0.370 e. The van der Waals surface area contributed by atoms with Gasteiger partial charge in [-0.3, -0.25) is 9.98 Å². The first kappa shape index (κ1) is 16.2. The third-order valence-corrected chi connectivity index (χ3v) is 4.67. The van der Waals surface area contributed by atoms with Crippen molar-refractivity contribution < 1.29 is 8.42 Å². The van der Waals surface area contributed by atoms with Crippen LogP contribution in [0, 0.1) is 0 Å². The number of hydrogen-bond donors (Lipinski definition) is 3. The Morgan fingerprint density at radius 1 is 1.36 bits per heavy atom. The number of hydrogen-bond acceptors (Lipinski definition) is 4. The van der Waals surface area contributed by atoms with Crippen molar-refractivity contribution in [1.29, 1.82) is 0 Å². The zero-order chi connectivity index (χ0) is 16.2. The Bertz CT molecular complexity index is 779. The van der Waals surface area contributed by atoms with Crippen LogP contribution in [0.5, 0.6) is 0 Å². The van der Waals surface area contributed by atoms with Gasteiger partial charge in [0.15, 0.2) is 5.96 Å². The number of nitrogens with two attached hydrogens (primary N) is 2. The molecule has 0 saturated heterocycles. The second-order valence-electron chi connectivity index (χ2n) is 4.94. The van der Waals surface area contributed by atoms with Crippen molar-refractivity contribution in [1.82, 2.24) is 9.71 Å². The van der Waals surface area contributed by atoms with Gasteiger partial charge in [-0.05, 0) is 25.5 Å². The Balaban J connectivity index is 2.15. The number of rotatable bonds is 6. The molecule has 1 heterocycles. The summed E-state index contributed by atoms with van der Waals surface area (Å²) in [6.45, 7) is 2.07. The van der Waals surface area contributed by atoms with Crippen molar-refractivity contribution in [3.63, 3.8) is 0 Å². The van der Waals surface area contributed by atoms with Crippen molar-refractivity contribution in [2.45, 2.75) is 24.3 Å². The van der Waals surface area contributed by atoms with Gasteiger partial charge in [0.1, 0.15) is 0 Å². The maximum Gasteiger partial charge on any atom is 0.241 e. The molecule has 2 aromatic rings. The lowest BCUT2D eigenvalue weighted by atomic mass is 10.2. The van der Waals surface area contributed by atoms with Crippen LogP contribution in [0.25, 0.3) is 10.8 Å². The minimum atomic E-state index is -3.60. The third kappa shape index (κ3) is 3.92. The van der Waals surface area contributed by atoms with E-state index >= 15 is 0 Å². The minimum absolute atomic E-state index is 0.00286. The normalized spacial score (nSPS) is 13.0. The zero-order valence-electron chi connectivity index (χ0n) is 12.2. The lowest BCUT2D eigenvalue weighted by Gasteiger charge is -2.11. The highest BCUT2D eigenvalue weighted by Gasteiger charge is 2.16. The quantitative estimate of drug-likeness (QED) is 0.530. The predicted molar refractivity (Wildman–Crippen MR) is 86.8 cm³/mol. The molecule has 118 valence electrons. The highest BCUT2D eigenvalue weighted by molar-refractivity contribution is 7.89. The van der Waals surface area contributed by atoms with Crippen LogP contribution in [0.15, 0.2) is 46.5 Å². The average molecular weight is 321 g/mol. The van der Waals surface area contributed by atoms with Crippen LogP contribution in [-0.4, -0.2) is 31.9 Å². The van der Waals surface area contributed by atoms with Crippen molar-refractivity contribution >= 4 is 26.8 Å². The van der Waals surface area contributed by atoms with Crippen molar-refractivity contribution in [2.75, 3.05) is 6.54 Å². The molecule has 2 rings (SSSR count). The maximum atomic E-state index is 12.4. The number of guanidine groups is 1. The summed E-state index contributed by atoms with van der Waals surface area (Å²) in [5.41, 5.74) is 10.6. The highest BCUT2D eigenvalue weighted by Crippen LogP contribution is 2.21. The number of aliphatic imine (C=N–C) groups is 1. The molecule has 1 atom stereocenters. The van der Waals surface area contributed by atoms with E-state index in [9.17, 15) is 8.42 Å². The number of aromatic nitrogens is 1. The molecule has 1 aromatic carbocycles. The Morgan fingerprint density at radius 2 is 2.14 bits per heavy atom. The molecule has 0 spiro atoms. The lowest BCUT2D eigenvalue weighted by Crippen LogP contribution is -2.28. The molecule has 0 aliphatic heterocycles. The first-order valence-electron chi connectivity index (χ1n) is 6.81. The Labute approximate surface area is 129 Å². The standard InChI is InChI=1S/C14H19N5O2S/c1-10(19-14(15)16)5-8-18-22(20,21)13-4-2-3-11-9-17-7-6-12(11)13/h2-4,6-7,9-10,18H,5,8H2,1H3,(H4,15,16,19). The monoisotopic (exact) mass is 321 g/mol. The van der Waals surface area contributed by atoms with Gasteiger partial charge in [0, 0.05) is 29.7 Å². The Hall–Kier alpha value is -2.19. The van der Waals surface area contributed by atoms with Gasteiger partial charge in [0.25, 0.3) is 0 Å². The van der Waals surface area contributed by atoms with E-state index in [4.69, 9.17) is 11.5 Å². The van der Waals surface area contributed by atoms with Crippen LogP contribution in [0.3, 0.4) is 0 Å². The molecule has 0 aliphatic carbocycles. The first-order chi connectivity index (χ1) is 10.4. The fourth-order valence-corrected chi connectivity index (χ4v) is 3.40. The molecule has 0 aliphatic rings. The van der Waals surface area contributed by atoms with Crippen LogP contribution in [0.1, 0.15) is 13.3 Å². The van der Waals surface area contributed by atoms with Gasteiger partial charge in [0.2, 0.25) is 10.0 Å². The van der Waals surface area contributed by atoms with E-state index in [2.05, 4.69) is 14.7 Å². The van der Waals surface area contributed by atoms with Crippen molar-refractivity contribution in [2.24, 2.45) is 16.5 Å². The van der Waals surface area contributed by atoms with Crippen molar-refractivity contribution in [3.05, 3.63) is 36.7 Å². The summed E-state index contributed by atoms with van der Waals surface area (Å²) >= 11 is 0. The lowest BCUT2D eigenvalue weighted by molar-refractivity contribution is 0.573. The van der Waals surface area contributed by atoms with E-state index in [0.29, 0.717) is 11.8 Å². The second-order valence-corrected chi connectivity index (χ2v) is 6.68. The molecule has 22 heavy (non-hydrogen) atoms. The first-order valence-corrected chi connectivity index (χ1v) is 8.29. The molecule has 0 bridgehead atoms. The summed E-state index contributed by atoms with van der Waals surface area (Å²) in [5.74, 6) is -0.00286. The summed E-state index contributed by atoms with van der Waals surface area (Å²) in [6, 6.07) is 6.63. The molecule has 0 saturated carbocycles. The van der Waals surface area contributed by atoms with Gasteiger partial charge in [-0.1, -0.05) is 12.1 Å². The van der Waals surface area contributed by atoms with Crippen LogP contribution in [0.4, 0.5) is 0 Å². The average Bonchev–Trinajstić information content (AvgIpc) is 2.45. The smallest absolute Gasteiger partial charge is 0.241 e. The fraction of sp³-hybridized carbons (Fsp3) is 0.286. The summed E-state index contributed by atoms with van der Waals surface area (Å²) in [5, 5.41) is 1.42. The van der Waals surface area contributed by atoms with Gasteiger partial charge in [0.05, 0.1) is 10.9 Å². The highest BCUT2D eigenvalue weighted by atomic mass is 32.2. The molecule has 1 aromatic heterocycles. The maximum absolute atomic E-state index is 12.4. The molecule has 7 nitrogen and oxygen atoms in total. The number of fused-ring (bicyclic) bond motifs is 1. The molecule has 8 heteroatoms. The number of pyridine rings is 1. The van der Waals surface area contributed by atoms with Gasteiger partial charge < -0.3 is 11.5 Å². The van der Waals surface area contributed by atoms with E-state index in [-0.39, 0.29) is 23.4 Å². The number of nitrogens with zero attached hydrogens (tertiary/aromatic N) is 2. The number of sulfonamides is 1. The third-order valence-electron chi connectivity index (χ3n) is 3.15. The predicted octanol–water partition coefficient (Wildman–Crippen LogP) is 0.565. The van der Waals surface area contributed by atoms with E-state index in [1.165, 1.54) is 0 Å². The van der Waals surface area contributed by atoms with Crippen LogP contribution in [-0.2, 0) is 10.0 Å². The minimum Gasteiger partial charge on any atom is -0.370 e. The summed E-state index contributed by atoms with van der Waals surface area (Å²) < 4.78 is 27.4. The SMILES string of the molecule is CC(CCNS(=O)(=O)c1cccc2cnccc12)N=C(N)N. The van der Waals surface area contributed by atoms with E-state index < -0.39 is 10.0 Å². The number of benzene rings is 1. The molecule has 0 radical (unpaired) electrons. The molecule has 0 fully saturated rings. The van der Waals surface area contributed by atoms with Crippen LogP contribution >= 0.6 is 0 Å². The molecular formula is C14H19N5O2S. The second kappa shape index (κ2) is 6.71. The summed E-state index contributed by atoms with van der Waals surface area (Å²) in [7, 11) is -3.60. The molecule has 0 amide bonds. The van der Waals surface area contributed by atoms with Crippen LogP contribution < -0.4 is 16.2 Å². The van der Waals surface area contributed by atoms with E-state index in [1.807, 2.05) is 13.0 Å². The Morgan fingerprint density at radius 3 is 2.86 bits per heavy atom. The topological polar surface area (TPSA) is 123 Å². The Kier molecular flexibility index (Phi) is 4.94. The summed E-state index contributed by atoms with van der Waals surface area (Å²) in [4.78, 5) is 8.18.